The van der Waals surface area contributed by atoms with E-state index in [9.17, 15) is 0 Å². The molecule has 0 N–H and O–H groups in total. The van der Waals surface area contributed by atoms with E-state index in [0.717, 1.165) is 32.8 Å². The molecule has 0 aliphatic carbocycles. The summed E-state index contributed by atoms with van der Waals surface area (Å²) in [6.07, 6.45) is 4.70. The number of hydrogen-bond donors (Lipinski definition) is 0. The first-order valence-corrected chi connectivity index (χ1v) is 4.15. The summed E-state index contributed by atoms with van der Waals surface area (Å²) in [5.41, 5.74) is 0. The fraction of sp³-hybridized carbons (Fsp3) is 1.00. The van der Waals surface area contributed by atoms with Gasteiger partial charge in [-0.15, -0.1) is 0 Å². The Morgan fingerprint density at radius 2 is 1.00 bits per heavy atom. The molecule has 0 unspecified atom stereocenters. The maximum Gasteiger partial charge on any atom is 0.0487 e. The van der Waals surface area contributed by atoms with Crippen molar-refractivity contribution in [3.8, 4) is 0 Å². The number of rotatable bonds is 0. The van der Waals surface area contributed by atoms with Crippen LogP contribution in [0, 0.1) is 0 Å². The Morgan fingerprint density at radius 1 is 0.500 bits per heavy atom. The summed E-state index contributed by atoms with van der Waals surface area (Å²) in [6, 6.07) is 0. The van der Waals surface area contributed by atoms with Gasteiger partial charge in [0, 0.05) is 26.4 Å². The number of hydrogen-bond acceptors (Lipinski definition) is 2. The molecule has 0 aromatic rings. The molecule has 10 heavy (non-hydrogen) atoms. The highest BCUT2D eigenvalue weighted by atomic mass is 16.5. The first kappa shape index (κ1) is 8.02. The zero-order valence-corrected chi connectivity index (χ0v) is 6.47. The van der Waals surface area contributed by atoms with Gasteiger partial charge in [-0.2, -0.15) is 0 Å². The first-order chi connectivity index (χ1) is 5.00. The van der Waals surface area contributed by atoms with Gasteiger partial charge in [-0.1, -0.05) is 0 Å². The summed E-state index contributed by atoms with van der Waals surface area (Å²) < 4.78 is 10.7. The number of ether oxygens (including phenoxy) is 2. The molecule has 0 spiro atoms. The molecule has 1 aliphatic rings. The van der Waals surface area contributed by atoms with Gasteiger partial charge >= 0.3 is 0 Å². The van der Waals surface area contributed by atoms with E-state index < -0.39 is 0 Å². The van der Waals surface area contributed by atoms with Crippen LogP contribution in [0.4, 0.5) is 0 Å². The van der Waals surface area contributed by atoms with Crippen molar-refractivity contribution >= 4 is 0 Å². The first-order valence-electron chi connectivity index (χ1n) is 4.15. The smallest absolute Gasteiger partial charge is 0.0487 e. The molecular formula is C8H16O2. The topological polar surface area (TPSA) is 18.5 Å². The Balaban J connectivity index is 2.00. The predicted molar refractivity (Wildman–Crippen MR) is 40.1 cm³/mol. The molecule has 1 saturated heterocycles. The fourth-order valence-corrected chi connectivity index (χ4v) is 1.05. The van der Waals surface area contributed by atoms with Crippen LogP contribution in [-0.2, 0) is 9.47 Å². The Kier molecular flexibility index (Phi) is 4.56. The maximum absolute atomic E-state index is 5.33. The molecule has 2 heteroatoms. The van der Waals surface area contributed by atoms with Gasteiger partial charge in [-0.05, 0) is 25.7 Å². The van der Waals surface area contributed by atoms with Crippen molar-refractivity contribution in [1.82, 2.24) is 0 Å². The van der Waals surface area contributed by atoms with Crippen molar-refractivity contribution in [2.45, 2.75) is 25.7 Å². The zero-order chi connectivity index (χ0) is 7.07. The maximum atomic E-state index is 5.33. The van der Waals surface area contributed by atoms with Gasteiger partial charge in [0.25, 0.3) is 0 Å². The van der Waals surface area contributed by atoms with Crippen LogP contribution in [0.2, 0.25) is 0 Å². The fourth-order valence-electron chi connectivity index (χ4n) is 1.05. The summed E-state index contributed by atoms with van der Waals surface area (Å²) in [7, 11) is 0. The largest absolute Gasteiger partial charge is 0.381 e. The third kappa shape index (κ3) is 3.85. The van der Waals surface area contributed by atoms with Gasteiger partial charge in [-0.3, -0.25) is 0 Å². The van der Waals surface area contributed by atoms with Gasteiger partial charge < -0.3 is 9.47 Å². The van der Waals surface area contributed by atoms with Crippen LogP contribution in [0.25, 0.3) is 0 Å². The van der Waals surface area contributed by atoms with Crippen LogP contribution in [0.1, 0.15) is 25.7 Å². The van der Waals surface area contributed by atoms with E-state index in [-0.39, 0.29) is 0 Å². The minimum Gasteiger partial charge on any atom is -0.381 e. The minimum atomic E-state index is 0.875. The van der Waals surface area contributed by atoms with E-state index in [4.69, 9.17) is 9.47 Å². The highest BCUT2D eigenvalue weighted by Crippen LogP contribution is 1.99. The van der Waals surface area contributed by atoms with E-state index >= 15 is 0 Å². The minimum absolute atomic E-state index is 0.875. The average Bonchev–Trinajstić information content (AvgIpc) is 2.01. The lowest BCUT2D eigenvalue weighted by atomic mass is 10.2. The Labute approximate surface area is 62.5 Å². The molecule has 0 atom stereocenters. The quantitative estimate of drug-likeness (QED) is 0.514. The lowest BCUT2D eigenvalue weighted by Gasteiger charge is -2.08. The molecule has 1 fully saturated rings. The van der Waals surface area contributed by atoms with Crippen molar-refractivity contribution in [3.63, 3.8) is 0 Å². The molecule has 0 saturated carbocycles. The molecule has 2 nitrogen and oxygen atoms in total. The molecular weight excluding hydrogens is 128 g/mol. The van der Waals surface area contributed by atoms with Crippen LogP contribution < -0.4 is 0 Å². The van der Waals surface area contributed by atoms with Crippen molar-refractivity contribution in [2.75, 3.05) is 26.4 Å². The van der Waals surface area contributed by atoms with Crippen LogP contribution in [0.5, 0.6) is 0 Å². The molecule has 0 aromatic carbocycles. The Hall–Kier alpha value is -0.0800. The lowest BCUT2D eigenvalue weighted by Crippen LogP contribution is -2.06. The van der Waals surface area contributed by atoms with Gasteiger partial charge in [0.15, 0.2) is 0 Å². The third-order valence-corrected chi connectivity index (χ3v) is 1.65. The molecule has 0 bridgehead atoms. The molecule has 0 amide bonds. The summed E-state index contributed by atoms with van der Waals surface area (Å²) in [4.78, 5) is 0. The van der Waals surface area contributed by atoms with Crippen molar-refractivity contribution in [2.24, 2.45) is 0 Å². The van der Waals surface area contributed by atoms with Gasteiger partial charge in [-0.25, -0.2) is 0 Å². The van der Waals surface area contributed by atoms with E-state index in [1.54, 1.807) is 0 Å². The van der Waals surface area contributed by atoms with Crippen LogP contribution in [-0.4, -0.2) is 26.4 Å². The average molecular weight is 144 g/mol. The van der Waals surface area contributed by atoms with Crippen molar-refractivity contribution < 1.29 is 9.47 Å². The summed E-state index contributed by atoms with van der Waals surface area (Å²) in [5.74, 6) is 0. The second kappa shape index (κ2) is 5.69. The van der Waals surface area contributed by atoms with Gasteiger partial charge in [0.2, 0.25) is 0 Å². The van der Waals surface area contributed by atoms with Crippen LogP contribution >= 0.6 is 0 Å². The van der Waals surface area contributed by atoms with E-state index in [2.05, 4.69) is 0 Å². The highest BCUT2D eigenvalue weighted by Gasteiger charge is 1.95. The van der Waals surface area contributed by atoms with Crippen molar-refractivity contribution in [3.05, 3.63) is 0 Å². The second-order valence-electron chi connectivity index (χ2n) is 2.64. The van der Waals surface area contributed by atoms with Gasteiger partial charge in [0.05, 0.1) is 0 Å². The van der Waals surface area contributed by atoms with Crippen LogP contribution in [0.3, 0.4) is 0 Å². The second-order valence-corrected chi connectivity index (χ2v) is 2.64. The molecule has 0 aromatic heterocycles. The van der Waals surface area contributed by atoms with Crippen LogP contribution in [0.15, 0.2) is 0 Å². The standard InChI is InChI=1S/C8H16O2/c1-2-5-9-7-4-8-10-6-3-1/h1-8H2. The summed E-state index contributed by atoms with van der Waals surface area (Å²) >= 11 is 0. The molecule has 0 radical (unpaired) electrons. The molecule has 1 heterocycles. The molecule has 1 rings (SSSR count). The van der Waals surface area contributed by atoms with E-state index in [1.807, 2.05) is 0 Å². The molecule has 1 aliphatic heterocycles. The lowest BCUT2D eigenvalue weighted by molar-refractivity contribution is 0.0667. The van der Waals surface area contributed by atoms with E-state index in [1.165, 1.54) is 19.3 Å². The zero-order valence-electron chi connectivity index (χ0n) is 6.47. The predicted octanol–water partition coefficient (Wildman–Crippen LogP) is 1.59. The summed E-state index contributed by atoms with van der Waals surface area (Å²) in [6.45, 7) is 3.64. The van der Waals surface area contributed by atoms with E-state index in [0.29, 0.717) is 0 Å². The SMILES string of the molecule is C1CCOCCCOCC1. The Morgan fingerprint density at radius 3 is 1.60 bits per heavy atom. The highest BCUT2D eigenvalue weighted by molar-refractivity contribution is 4.44. The summed E-state index contributed by atoms with van der Waals surface area (Å²) in [5, 5.41) is 0. The molecule has 60 valence electrons. The normalized spacial score (nSPS) is 24.0. The third-order valence-electron chi connectivity index (χ3n) is 1.65. The van der Waals surface area contributed by atoms with Gasteiger partial charge in [0.1, 0.15) is 0 Å². The Bertz CT molecular complexity index is 40.4. The monoisotopic (exact) mass is 144 g/mol. The van der Waals surface area contributed by atoms with Crippen molar-refractivity contribution in [1.29, 1.82) is 0 Å².